The van der Waals surface area contributed by atoms with Gasteiger partial charge in [0, 0.05) is 25.7 Å². The molecule has 1 amide bonds. The van der Waals surface area contributed by atoms with Crippen LogP contribution >= 0.6 is 0 Å². The highest BCUT2D eigenvalue weighted by Gasteiger charge is 2.46. The quantitative estimate of drug-likeness (QED) is 0.424. The van der Waals surface area contributed by atoms with Gasteiger partial charge in [-0.3, -0.25) is 9.52 Å². The van der Waals surface area contributed by atoms with E-state index in [1.165, 1.54) is 24.6 Å². The van der Waals surface area contributed by atoms with Crippen LogP contribution in [-0.4, -0.2) is 56.3 Å². The van der Waals surface area contributed by atoms with Crippen molar-refractivity contribution in [3.8, 4) is 0 Å². The minimum atomic E-state index is -5.49. The largest absolute Gasteiger partial charge is 0.516 e. The third kappa shape index (κ3) is 9.04. The van der Waals surface area contributed by atoms with E-state index in [0.717, 1.165) is 6.07 Å². The minimum absolute atomic E-state index is 0.139. The molecule has 12 heteroatoms. The number of nitrogens with one attached hydrogen (secondary N) is 3. The third-order valence-electron chi connectivity index (χ3n) is 3.01. The Labute approximate surface area is 155 Å². The number of halogens is 3. The number of aryl methyl sites for hydroxylation is 2. The van der Waals surface area contributed by atoms with Crippen molar-refractivity contribution in [3.63, 3.8) is 0 Å². The number of hydrogen-bond donors (Lipinski definition) is 5. The number of aliphatic hydroxyl groups is 2. The molecule has 0 atom stereocenters. The van der Waals surface area contributed by atoms with E-state index in [1.54, 1.807) is 6.92 Å². The lowest BCUT2D eigenvalue weighted by Crippen LogP contribution is -2.30. The molecule has 0 saturated heterocycles. The van der Waals surface area contributed by atoms with Gasteiger partial charge in [0.05, 0.1) is 18.9 Å². The fourth-order valence-electron chi connectivity index (χ4n) is 1.77. The molecule has 5 N–H and O–H groups in total. The highest BCUT2D eigenvalue weighted by Crippen LogP contribution is 2.30. The van der Waals surface area contributed by atoms with Gasteiger partial charge in [-0.2, -0.15) is 21.6 Å². The van der Waals surface area contributed by atoms with Crippen molar-refractivity contribution >= 4 is 27.3 Å². The first kappa shape index (κ1) is 25.1. The topological polar surface area (TPSA) is 128 Å². The molecule has 0 aliphatic heterocycles. The first-order valence-corrected chi connectivity index (χ1v) is 9.24. The van der Waals surface area contributed by atoms with Gasteiger partial charge in [0.25, 0.3) is 0 Å². The number of benzene rings is 1. The molecule has 0 bridgehead atoms. The molecule has 1 aromatic carbocycles. The monoisotopic (exact) mass is 415 g/mol. The van der Waals surface area contributed by atoms with Crippen LogP contribution in [0, 0.1) is 13.8 Å². The van der Waals surface area contributed by atoms with Crippen molar-refractivity contribution in [3.05, 3.63) is 23.3 Å². The maximum atomic E-state index is 12.3. The zero-order valence-electron chi connectivity index (χ0n) is 15.1. The zero-order valence-corrected chi connectivity index (χ0v) is 16.0. The summed E-state index contributed by atoms with van der Waals surface area (Å²) in [7, 11) is -5.49. The van der Waals surface area contributed by atoms with Crippen LogP contribution in [0.25, 0.3) is 0 Å². The predicted octanol–water partition coefficient (Wildman–Crippen LogP) is 1.08. The fourth-order valence-corrected chi connectivity index (χ4v) is 2.40. The number of rotatable bonds is 7. The summed E-state index contributed by atoms with van der Waals surface area (Å²) >= 11 is 0. The number of amides is 1. The van der Waals surface area contributed by atoms with Gasteiger partial charge < -0.3 is 20.8 Å². The van der Waals surface area contributed by atoms with Crippen molar-refractivity contribution in [2.75, 3.05) is 36.3 Å². The van der Waals surface area contributed by atoms with Crippen molar-refractivity contribution in [2.24, 2.45) is 0 Å². The molecular formula is C15H24F3N3O5S. The van der Waals surface area contributed by atoms with Crippen molar-refractivity contribution < 1.29 is 36.6 Å². The molecule has 8 nitrogen and oxygen atoms in total. The second-order valence-corrected chi connectivity index (χ2v) is 7.09. The number of aliphatic hydroxyl groups excluding tert-OH is 2. The molecule has 0 unspecified atom stereocenters. The molecule has 0 aliphatic carbocycles. The Morgan fingerprint density at radius 1 is 1.04 bits per heavy atom. The fraction of sp³-hybridized carbons (Fsp3) is 0.533. The van der Waals surface area contributed by atoms with E-state index in [0.29, 0.717) is 24.2 Å². The summed E-state index contributed by atoms with van der Waals surface area (Å²) in [4.78, 5) is 11.0. The third-order valence-corrected chi connectivity index (χ3v) is 4.11. The highest BCUT2D eigenvalue weighted by molar-refractivity contribution is 7.93. The smallest absolute Gasteiger partial charge is 0.395 e. The van der Waals surface area contributed by atoms with E-state index in [4.69, 9.17) is 10.2 Å². The van der Waals surface area contributed by atoms with Gasteiger partial charge in [0.2, 0.25) is 5.91 Å². The summed E-state index contributed by atoms with van der Waals surface area (Å²) in [5.74, 6) is -0.415. The summed E-state index contributed by atoms with van der Waals surface area (Å²) in [6.07, 6.45) is 0. The summed E-state index contributed by atoms with van der Waals surface area (Å²) in [6.45, 7) is 5.75. The van der Waals surface area contributed by atoms with Crippen molar-refractivity contribution in [1.29, 1.82) is 0 Å². The van der Waals surface area contributed by atoms with Crippen LogP contribution in [0.5, 0.6) is 0 Å². The molecule has 0 saturated carbocycles. The summed E-state index contributed by atoms with van der Waals surface area (Å²) in [5, 5.41) is 21.5. The van der Waals surface area contributed by atoms with Gasteiger partial charge in [-0.25, -0.2) is 0 Å². The lowest BCUT2D eigenvalue weighted by atomic mass is 10.1. The standard InChI is InChI=1S/C11H13F3N2O3S.C4H11NO2/c1-6-4-7(2)10(5-9(6)15-8(3)17)16-20(18,19)11(12,13)14;6-3-1-5-2-4-7/h4-5,16H,1-3H3,(H,15,17);5-7H,1-4H2. The van der Waals surface area contributed by atoms with E-state index >= 15 is 0 Å². The Bertz CT molecular complexity index is 720. The van der Waals surface area contributed by atoms with Gasteiger partial charge in [-0.05, 0) is 31.0 Å². The number of carbonyl (C=O) groups excluding carboxylic acids is 1. The normalized spacial score (nSPS) is 11.4. The summed E-state index contributed by atoms with van der Waals surface area (Å²) in [6, 6.07) is 2.62. The predicted molar refractivity (Wildman–Crippen MR) is 95.9 cm³/mol. The highest BCUT2D eigenvalue weighted by atomic mass is 32.2. The lowest BCUT2D eigenvalue weighted by Gasteiger charge is -2.15. The zero-order chi connectivity index (χ0) is 21.3. The van der Waals surface area contributed by atoms with E-state index in [1.807, 2.05) is 0 Å². The van der Waals surface area contributed by atoms with E-state index in [9.17, 15) is 26.4 Å². The summed E-state index contributed by atoms with van der Waals surface area (Å²) < 4.78 is 60.6. The van der Waals surface area contributed by atoms with E-state index in [2.05, 4.69) is 10.6 Å². The molecule has 0 aliphatic rings. The average molecular weight is 415 g/mol. The second-order valence-electron chi connectivity index (χ2n) is 5.41. The van der Waals surface area contributed by atoms with Gasteiger partial charge in [0.1, 0.15) is 0 Å². The first-order valence-electron chi connectivity index (χ1n) is 7.76. The van der Waals surface area contributed by atoms with E-state index < -0.39 is 21.4 Å². The number of sulfonamides is 1. The number of hydrogen-bond acceptors (Lipinski definition) is 6. The Hall–Kier alpha value is -1.89. The molecule has 1 rings (SSSR count). The lowest BCUT2D eigenvalue weighted by molar-refractivity contribution is -0.114. The molecule has 0 spiro atoms. The van der Waals surface area contributed by atoms with Crippen LogP contribution in [0.4, 0.5) is 24.5 Å². The van der Waals surface area contributed by atoms with Gasteiger partial charge in [-0.1, -0.05) is 6.07 Å². The molecule has 1 aromatic rings. The minimum Gasteiger partial charge on any atom is -0.395 e. The molecule has 0 aromatic heterocycles. The van der Waals surface area contributed by atoms with Crippen LogP contribution in [0.1, 0.15) is 18.1 Å². The molecule has 27 heavy (non-hydrogen) atoms. The SMILES string of the molecule is CC(=O)Nc1cc(NS(=O)(=O)C(F)(F)F)c(C)cc1C.OCCNCCO. The maximum absolute atomic E-state index is 12.3. The molecule has 0 fully saturated rings. The van der Waals surface area contributed by atoms with Crippen molar-refractivity contribution in [1.82, 2.24) is 5.32 Å². The Balaban J connectivity index is 0.000000821. The van der Waals surface area contributed by atoms with Crippen LogP contribution < -0.4 is 15.4 Å². The van der Waals surface area contributed by atoms with E-state index in [-0.39, 0.29) is 24.6 Å². The Morgan fingerprint density at radius 2 is 1.52 bits per heavy atom. The van der Waals surface area contributed by atoms with Gasteiger partial charge in [0.15, 0.2) is 0 Å². The Kier molecular flexibility index (Phi) is 10.3. The van der Waals surface area contributed by atoms with Crippen LogP contribution in [0.2, 0.25) is 0 Å². The number of alkyl halides is 3. The van der Waals surface area contributed by atoms with Crippen LogP contribution in [-0.2, 0) is 14.8 Å². The molecule has 0 heterocycles. The van der Waals surface area contributed by atoms with Gasteiger partial charge in [-0.15, -0.1) is 0 Å². The number of anilines is 2. The van der Waals surface area contributed by atoms with Crippen molar-refractivity contribution in [2.45, 2.75) is 26.3 Å². The van der Waals surface area contributed by atoms with Crippen LogP contribution in [0.3, 0.4) is 0 Å². The first-order chi connectivity index (χ1) is 12.4. The average Bonchev–Trinajstić information content (AvgIpc) is 2.51. The Morgan fingerprint density at radius 3 is 1.93 bits per heavy atom. The molecular weight excluding hydrogens is 391 g/mol. The van der Waals surface area contributed by atoms with Crippen LogP contribution in [0.15, 0.2) is 12.1 Å². The number of carbonyl (C=O) groups is 1. The van der Waals surface area contributed by atoms with Gasteiger partial charge >= 0.3 is 15.5 Å². The maximum Gasteiger partial charge on any atom is 0.516 e. The summed E-state index contributed by atoms with van der Waals surface area (Å²) in [5.41, 5.74) is -4.49. The molecule has 156 valence electrons. The molecule has 0 radical (unpaired) electrons. The second kappa shape index (κ2) is 11.1.